The number of carbonyl (C=O) groups excluding carboxylic acids is 1. The first-order valence-electron chi connectivity index (χ1n) is 6.67. The van der Waals surface area contributed by atoms with Gasteiger partial charge in [0.25, 0.3) is 0 Å². The summed E-state index contributed by atoms with van der Waals surface area (Å²) in [5.41, 5.74) is 1.03. The first-order chi connectivity index (χ1) is 8.24. The number of hydrogen-bond donors (Lipinski definition) is 0. The topological polar surface area (TPSA) is 30.0 Å². The van der Waals surface area contributed by atoms with Gasteiger partial charge in [0.2, 0.25) is 0 Å². The first kappa shape index (κ1) is 12.7. The Morgan fingerprint density at radius 1 is 1.35 bits per heavy atom. The van der Waals surface area contributed by atoms with Gasteiger partial charge in [0.15, 0.2) is 0 Å². The Hall–Kier alpha value is -0.700. The minimum atomic E-state index is 0.381. The second-order valence-electron chi connectivity index (χ2n) is 5.16. The Bertz CT molecular complexity index is 364. The maximum Gasteiger partial charge on any atom is 0.139 e. The van der Waals surface area contributed by atoms with Crippen LogP contribution < -0.4 is 0 Å². The van der Waals surface area contributed by atoms with E-state index >= 15 is 0 Å². The Balaban J connectivity index is 1.80. The summed E-state index contributed by atoms with van der Waals surface area (Å²) in [7, 11) is 0. The summed E-state index contributed by atoms with van der Waals surface area (Å²) < 4.78 is 0. The Morgan fingerprint density at radius 3 is 2.65 bits per heavy atom. The summed E-state index contributed by atoms with van der Waals surface area (Å²) in [6.07, 6.45) is 9.17. The first-order valence-corrected chi connectivity index (χ1v) is 7.54. The van der Waals surface area contributed by atoms with Gasteiger partial charge in [-0.15, -0.1) is 11.3 Å². The van der Waals surface area contributed by atoms with Gasteiger partial charge in [0.1, 0.15) is 10.8 Å². The van der Waals surface area contributed by atoms with Crippen LogP contribution in [0.15, 0.2) is 5.38 Å². The minimum Gasteiger partial charge on any atom is -0.299 e. The van der Waals surface area contributed by atoms with Crippen LogP contribution in [-0.4, -0.2) is 10.8 Å². The average Bonchev–Trinajstić information content (AvgIpc) is 2.53. The monoisotopic (exact) mass is 251 g/mol. The van der Waals surface area contributed by atoms with Crippen LogP contribution in [0.1, 0.15) is 55.6 Å². The number of aromatic nitrogens is 1. The third-order valence-electron chi connectivity index (χ3n) is 3.51. The van der Waals surface area contributed by atoms with E-state index in [0.717, 1.165) is 17.1 Å². The van der Waals surface area contributed by atoms with Crippen molar-refractivity contribution in [2.75, 3.05) is 0 Å². The van der Waals surface area contributed by atoms with Crippen molar-refractivity contribution >= 4 is 17.1 Å². The van der Waals surface area contributed by atoms with Crippen molar-refractivity contribution in [1.82, 2.24) is 4.98 Å². The van der Waals surface area contributed by atoms with E-state index in [0.29, 0.717) is 18.1 Å². The molecule has 0 radical (unpaired) electrons. The van der Waals surface area contributed by atoms with Crippen LogP contribution in [0, 0.1) is 12.8 Å². The molecular formula is C14H21NOS. The van der Waals surface area contributed by atoms with Gasteiger partial charge < -0.3 is 0 Å². The highest BCUT2D eigenvalue weighted by Crippen LogP contribution is 2.26. The third kappa shape index (κ3) is 4.23. The van der Waals surface area contributed by atoms with E-state index in [1.807, 2.05) is 12.3 Å². The van der Waals surface area contributed by atoms with Crippen molar-refractivity contribution in [3.8, 4) is 0 Å². The molecule has 0 bridgehead atoms. The minimum absolute atomic E-state index is 0.381. The molecule has 0 spiro atoms. The molecule has 1 aliphatic rings. The molecule has 0 saturated heterocycles. The Kier molecular flexibility index (Phi) is 4.72. The van der Waals surface area contributed by atoms with E-state index in [9.17, 15) is 4.79 Å². The fourth-order valence-electron chi connectivity index (χ4n) is 2.61. The standard InChI is InChI=1S/C14H21NOS/c1-11-10-17-14(15-11)9-13(16)8-12-6-4-2-3-5-7-12/h10,12H,2-9H2,1H3. The van der Waals surface area contributed by atoms with Crippen molar-refractivity contribution < 1.29 is 4.79 Å². The smallest absolute Gasteiger partial charge is 0.139 e. The lowest BCUT2D eigenvalue weighted by Gasteiger charge is -2.11. The molecule has 1 aromatic heterocycles. The molecule has 2 nitrogen and oxygen atoms in total. The van der Waals surface area contributed by atoms with Crippen molar-refractivity contribution in [2.24, 2.45) is 5.92 Å². The van der Waals surface area contributed by atoms with E-state index in [2.05, 4.69) is 4.98 Å². The predicted octanol–water partition coefficient (Wildman–Crippen LogP) is 3.92. The zero-order valence-electron chi connectivity index (χ0n) is 10.6. The SMILES string of the molecule is Cc1csc(CC(=O)CC2CCCCCC2)n1. The molecule has 1 saturated carbocycles. The highest BCUT2D eigenvalue weighted by atomic mass is 32.1. The van der Waals surface area contributed by atoms with Crippen molar-refractivity contribution in [2.45, 2.75) is 58.3 Å². The van der Waals surface area contributed by atoms with Crippen LogP contribution in [0.4, 0.5) is 0 Å². The molecule has 0 unspecified atom stereocenters. The third-order valence-corrected chi connectivity index (χ3v) is 4.47. The summed E-state index contributed by atoms with van der Waals surface area (Å²) >= 11 is 1.61. The molecule has 1 heterocycles. The van der Waals surface area contributed by atoms with Gasteiger partial charge in [-0.2, -0.15) is 0 Å². The predicted molar refractivity (Wildman–Crippen MR) is 71.4 cm³/mol. The Labute approximate surface area is 107 Å². The second kappa shape index (κ2) is 6.29. The van der Waals surface area contributed by atoms with E-state index in [1.54, 1.807) is 11.3 Å². The van der Waals surface area contributed by atoms with Crippen LogP contribution in [0.3, 0.4) is 0 Å². The van der Waals surface area contributed by atoms with Crippen LogP contribution >= 0.6 is 11.3 Å². The van der Waals surface area contributed by atoms with E-state index < -0.39 is 0 Å². The number of aryl methyl sites for hydroxylation is 1. The molecule has 0 atom stereocenters. The fraction of sp³-hybridized carbons (Fsp3) is 0.714. The van der Waals surface area contributed by atoms with Crippen LogP contribution in [0.25, 0.3) is 0 Å². The number of thiazole rings is 1. The zero-order chi connectivity index (χ0) is 12.1. The van der Waals surface area contributed by atoms with E-state index in [-0.39, 0.29) is 0 Å². The molecule has 0 amide bonds. The summed E-state index contributed by atoms with van der Waals surface area (Å²) in [5, 5.41) is 3.01. The quantitative estimate of drug-likeness (QED) is 0.759. The summed E-state index contributed by atoms with van der Waals surface area (Å²) in [5.74, 6) is 1.03. The summed E-state index contributed by atoms with van der Waals surface area (Å²) in [6, 6.07) is 0. The second-order valence-corrected chi connectivity index (χ2v) is 6.10. The van der Waals surface area contributed by atoms with Gasteiger partial charge in [-0.25, -0.2) is 4.98 Å². The number of Topliss-reactive ketones (excluding diaryl/α,β-unsaturated/α-hetero) is 1. The molecule has 0 aromatic carbocycles. The van der Waals surface area contributed by atoms with Gasteiger partial charge in [0, 0.05) is 17.5 Å². The molecule has 3 heteroatoms. The summed E-state index contributed by atoms with van der Waals surface area (Å²) in [4.78, 5) is 16.3. The lowest BCUT2D eigenvalue weighted by Crippen LogP contribution is -2.10. The normalized spacial score (nSPS) is 17.9. The number of ketones is 1. The van der Waals surface area contributed by atoms with Gasteiger partial charge in [-0.05, 0) is 12.8 Å². The Morgan fingerprint density at radius 2 is 2.06 bits per heavy atom. The number of rotatable bonds is 4. The molecule has 0 N–H and O–H groups in total. The maximum atomic E-state index is 12.0. The molecule has 0 aliphatic heterocycles. The highest BCUT2D eigenvalue weighted by Gasteiger charge is 2.16. The molecule has 1 aliphatic carbocycles. The van der Waals surface area contributed by atoms with E-state index in [1.165, 1.54) is 38.5 Å². The highest BCUT2D eigenvalue weighted by molar-refractivity contribution is 7.09. The largest absolute Gasteiger partial charge is 0.299 e. The lowest BCUT2D eigenvalue weighted by atomic mass is 9.93. The molecule has 94 valence electrons. The lowest BCUT2D eigenvalue weighted by molar-refractivity contribution is -0.119. The molecule has 1 fully saturated rings. The summed E-state index contributed by atoms with van der Waals surface area (Å²) in [6.45, 7) is 1.98. The van der Waals surface area contributed by atoms with Crippen molar-refractivity contribution in [3.05, 3.63) is 16.1 Å². The molecular weight excluding hydrogens is 230 g/mol. The van der Waals surface area contributed by atoms with E-state index in [4.69, 9.17) is 0 Å². The fourth-order valence-corrected chi connectivity index (χ4v) is 3.42. The van der Waals surface area contributed by atoms with Crippen molar-refractivity contribution in [1.29, 1.82) is 0 Å². The van der Waals surface area contributed by atoms with Gasteiger partial charge in [0.05, 0.1) is 6.42 Å². The van der Waals surface area contributed by atoms with Gasteiger partial charge in [-0.3, -0.25) is 4.79 Å². The van der Waals surface area contributed by atoms with Crippen LogP contribution in [0.5, 0.6) is 0 Å². The van der Waals surface area contributed by atoms with Gasteiger partial charge >= 0.3 is 0 Å². The van der Waals surface area contributed by atoms with Crippen LogP contribution in [0.2, 0.25) is 0 Å². The van der Waals surface area contributed by atoms with Crippen LogP contribution in [-0.2, 0) is 11.2 Å². The van der Waals surface area contributed by atoms with Gasteiger partial charge in [-0.1, -0.05) is 38.5 Å². The molecule has 1 aromatic rings. The maximum absolute atomic E-state index is 12.0. The average molecular weight is 251 g/mol. The zero-order valence-corrected chi connectivity index (χ0v) is 11.4. The number of hydrogen-bond acceptors (Lipinski definition) is 3. The molecule has 17 heavy (non-hydrogen) atoms. The molecule has 2 rings (SSSR count). The number of carbonyl (C=O) groups is 1. The number of nitrogens with zero attached hydrogens (tertiary/aromatic N) is 1. The van der Waals surface area contributed by atoms with Crippen molar-refractivity contribution in [3.63, 3.8) is 0 Å².